The highest BCUT2D eigenvalue weighted by molar-refractivity contribution is 4.92. The van der Waals surface area contributed by atoms with Gasteiger partial charge in [-0.25, -0.2) is 0 Å². The second-order valence-corrected chi connectivity index (χ2v) is 4.54. The summed E-state index contributed by atoms with van der Waals surface area (Å²) in [6.07, 6.45) is 6.12. The van der Waals surface area contributed by atoms with Gasteiger partial charge in [0, 0.05) is 0 Å². The second-order valence-electron chi connectivity index (χ2n) is 4.54. The van der Waals surface area contributed by atoms with E-state index in [9.17, 15) is 5.11 Å². The van der Waals surface area contributed by atoms with Crippen LogP contribution in [0.4, 0.5) is 0 Å². The van der Waals surface area contributed by atoms with Gasteiger partial charge >= 0.3 is 0 Å². The van der Waals surface area contributed by atoms with Crippen molar-refractivity contribution in [1.82, 2.24) is 0 Å². The van der Waals surface area contributed by atoms with Crippen molar-refractivity contribution < 1.29 is 5.11 Å². The maximum absolute atomic E-state index is 9.81. The smallest absolute Gasteiger partial charge is 0.0596 e. The third-order valence-corrected chi connectivity index (χ3v) is 3.16. The summed E-state index contributed by atoms with van der Waals surface area (Å²) < 4.78 is 0. The summed E-state index contributed by atoms with van der Waals surface area (Å²) in [5.74, 6) is 0.690. The lowest BCUT2D eigenvalue weighted by Crippen LogP contribution is -2.25. The molecule has 0 saturated heterocycles. The fraction of sp³-hybridized carbons (Fsp3) is 0.818. The molecule has 0 aromatic heterocycles. The normalized spacial score (nSPS) is 41.6. The summed E-state index contributed by atoms with van der Waals surface area (Å²) >= 11 is 0. The summed E-state index contributed by atoms with van der Waals surface area (Å²) in [4.78, 5) is 0. The Balaban J connectivity index is 2.51. The van der Waals surface area contributed by atoms with Crippen LogP contribution >= 0.6 is 0 Å². The van der Waals surface area contributed by atoms with E-state index in [1.807, 2.05) is 6.08 Å². The standard InChI is InChI=1S/C11H20O/c1-4-5-6-11(3)8-9(2)7-10(11)12/h4,9-10,12H,1,5-8H2,2-3H3. The van der Waals surface area contributed by atoms with E-state index in [-0.39, 0.29) is 11.5 Å². The van der Waals surface area contributed by atoms with E-state index < -0.39 is 0 Å². The van der Waals surface area contributed by atoms with Crippen LogP contribution in [0.15, 0.2) is 12.7 Å². The van der Waals surface area contributed by atoms with Gasteiger partial charge in [-0.3, -0.25) is 0 Å². The zero-order valence-corrected chi connectivity index (χ0v) is 8.21. The van der Waals surface area contributed by atoms with Crippen molar-refractivity contribution in [2.24, 2.45) is 11.3 Å². The zero-order valence-electron chi connectivity index (χ0n) is 8.21. The van der Waals surface area contributed by atoms with Crippen LogP contribution in [0.25, 0.3) is 0 Å². The van der Waals surface area contributed by atoms with Crippen LogP contribution in [0.5, 0.6) is 0 Å². The number of hydrogen-bond donors (Lipinski definition) is 1. The molecule has 1 aliphatic carbocycles. The van der Waals surface area contributed by atoms with Crippen molar-refractivity contribution in [2.75, 3.05) is 0 Å². The van der Waals surface area contributed by atoms with E-state index in [0.29, 0.717) is 5.92 Å². The van der Waals surface area contributed by atoms with Gasteiger partial charge in [0.25, 0.3) is 0 Å². The first kappa shape index (κ1) is 9.79. The molecule has 3 unspecified atom stereocenters. The number of rotatable bonds is 3. The highest BCUT2D eigenvalue weighted by atomic mass is 16.3. The Kier molecular flexibility index (Phi) is 2.94. The van der Waals surface area contributed by atoms with Gasteiger partial charge in [0.15, 0.2) is 0 Å². The summed E-state index contributed by atoms with van der Waals surface area (Å²) in [5.41, 5.74) is 0.160. The first-order chi connectivity index (χ1) is 5.58. The first-order valence-corrected chi connectivity index (χ1v) is 4.87. The quantitative estimate of drug-likeness (QED) is 0.642. The molecule has 0 radical (unpaired) electrons. The van der Waals surface area contributed by atoms with Crippen LogP contribution in [-0.4, -0.2) is 11.2 Å². The third-order valence-electron chi connectivity index (χ3n) is 3.16. The van der Waals surface area contributed by atoms with Gasteiger partial charge in [0.2, 0.25) is 0 Å². The minimum atomic E-state index is -0.0903. The Bertz CT molecular complexity index is 164. The molecule has 12 heavy (non-hydrogen) atoms. The number of allylic oxidation sites excluding steroid dienone is 1. The molecule has 3 atom stereocenters. The molecule has 1 N–H and O–H groups in total. The molecule has 1 nitrogen and oxygen atoms in total. The minimum absolute atomic E-state index is 0.0903. The van der Waals surface area contributed by atoms with Crippen LogP contribution in [0, 0.1) is 11.3 Å². The van der Waals surface area contributed by atoms with E-state index in [1.54, 1.807) is 0 Å². The molecule has 0 bridgehead atoms. The van der Waals surface area contributed by atoms with Crippen molar-refractivity contribution in [2.45, 2.75) is 45.6 Å². The molecule has 0 aliphatic heterocycles. The van der Waals surface area contributed by atoms with Gasteiger partial charge in [0.05, 0.1) is 6.10 Å². The molecule has 1 rings (SSSR count). The topological polar surface area (TPSA) is 20.2 Å². The van der Waals surface area contributed by atoms with Gasteiger partial charge in [-0.1, -0.05) is 19.9 Å². The molecule has 0 amide bonds. The fourth-order valence-corrected chi connectivity index (χ4v) is 2.38. The maximum Gasteiger partial charge on any atom is 0.0596 e. The Labute approximate surface area is 75.5 Å². The van der Waals surface area contributed by atoms with Crippen molar-refractivity contribution in [3.8, 4) is 0 Å². The predicted molar refractivity (Wildman–Crippen MR) is 51.9 cm³/mol. The van der Waals surface area contributed by atoms with Crippen LogP contribution in [-0.2, 0) is 0 Å². The first-order valence-electron chi connectivity index (χ1n) is 4.87. The van der Waals surface area contributed by atoms with Gasteiger partial charge in [-0.05, 0) is 37.0 Å². The monoisotopic (exact) mass is 168 g/mol. The lowest BCUT2D eigenvalue weighted by molar-refractivity contribution is 0.0605. The number of hydrogen-bond acceptors (Lipinski definition) is 1. The zero-order chi connectivity index (χ0) is 9.19. The minimum Gasteiger partial charge on any atom is -0.393 e. The predicted octanol–water partition coefficient (Wildman–Crippen LogP) is 2.75. The summed E-state index contributed by atoms with van der Waals surface area (Å²) in [5, 5.41) is 9.81. The Morgan fingerprint density at radius 3 is 2.75 bits per heavy atom. The lowest BCUT2D eigenvalue weighted by atomic mass is 9.81. The lowest BCUT2D eigenvalue weighted by Gasteiger charge is -2.27. The van der Waals surface area contributed by atoms with Gasteiger partial charge in [0.1, 0.15) is 0 Å². The third kappa shape index (κ3) is 1.89. The summed E-state index contributed by atoms with van der Waals surface area (Å²) in [6, 6.07) is 0. The molecule has 1 saturated carbocycles. The SMILES string of the molecule is C=CCCC1(C)CC(C)CC1O. The van der Waals surface area contributed by atoms with Crippen molar-refractivity contribution >= 4 is 0 Å². The summed E-state index contributed by atoms with van der Waals surface area (Å²) in [7, 11) is 0. The van der Waals surface area contributed by atoms with Crippen molar-refractivity contribution in [1.29, 1.82) is 0 Å². The molecule has 1 aliphatic rings. The van der Waals surface area contributed by atoms with E-state index in [4.69, 9.17) is 0 Å². The molecule has 70 valence electrons. The molecule has 1 heteroatoms. The Hall–Kier alpha value is -0.300. The molecule has 0 aromatic rings. The molecule has 0 aromatic carbocycles. The Morgan fingerprint density at radius 1 is 1.67 bits per heavy atom. The van der Waals surface area contributed by atoms with E-state index in [1.165, 1.54) is 6.42 Å². The number of aliphatic hydroxyl groups excluding tert-OH is 1. The highest BCUT2D eigenvalue weighted by Gasteiger charge is 2.40. The van der Waals surface area contributed by atoms with Crippen molar-refractivity contribution in [3.05, 3.63) is 12.7 Å². The fourth-order valence-electron chi connectivity index (χ4n) is 2.38. The number of aliphatic hydroxyl groups is 1. The van der Waals surface area contributed by atoms with Gasteiger partial charge in [-0.15, -0.1) is 6.58 Å². The Morgan fingerprint density at radius 2 is 2.33 bits per heavy atom. The molecular weight excluding hydrogens is 148 g/mol. The molecule has 0 heterocycles. The average Bonchev–Trinajstić information content (AvgIpc) is 2.23. The van der Waals surface area contributed by atoms with Crippen LogP contribution < -0.4 is 0 Å². The highest BCUT2D eigenvalue weighted by Crippen LogP contribution is 2.44. The average molecular weight is 168 g/mol. The van der Waals surface area contributed by atoms with Gasteiger partial charge in [-0.2, -0.15) is 0 Å². The second kappa shape index (κ2) is 3.61. The van der Waals surface area contributed by atoms with Crippen LogP contribution in [0.1, 0.15) is 39.5 Å². The summed E-state index contributed by atoms with van der Waals surface area (Å²) in [6.45, 7) is 8.14. The van der Waals surface area contributed by atoms with E-state index in [0.717, 1.165) is 19.3 Å². The molecule has 1 fully saturated rings. The largest absolute Gasteiger partial charge is 0.393 e. The van der Waals surface area contributed by atoms with Crippen LogP contribution in [0.2, 0.25) is 0 Å². The van der Waals surface area contributed by atoms with Crippen molar-refractivity contribution in [3.63, 3.8) is 0 Å². The van der Waals surface area contributed by atoms with Gasteiger partial charge < -0.3 is 5.11 Å². The molecular formula is C11H20O. The van der Waals surface area contributed by atoms with E-state index in [2.05, 4.69) is 20.4 Å². The van der Waals surface area contributed by atoms with Crippen LogP contribution in [0.3, 0.4) is 0 Å². The van der Waals surface area contributed by atoms with E-state index >= 15 is 0 Å². The maximum atomic E-state index is 9.81. The molecule has 0 spiro atoms.